The Morgan fingerprint density at radius 3 is 2.17 bits per heavy atom. The molecule has 1 heterocycles. The lowest BCUT2D eigenvalue weighted by Gasteiger charge is -2.42. The molecule has 2 fully saturated rings. The zero-order valence-corrected chi connectivity index (χ0v) is 20.4. The zero-order chi connectivity index (χ0) is 25.1. The Kier molecular flexibility index (Phi) is 7.79. The SMILES string of the molecule is O=C(NC[C@H](Cc1ccccc1)N1CCC(O)(C(F)(F)F)CC1)C1(c2ccc(Cl)cc2)CCCC1. The molecule has 2 aliphatic rings. The highest BCUT2D eigenvalue weighted by molar-refractivity contribution is 6.30. The summed E-state index contributed by atoms with van der Waals surface area (Å²) in [5.41, 5.74) is -1.26. The molecule has 1 aliphatic carbocycles. The highest BCUT2D eigenvalue weighted by Gasteiger charge is 2.55. The largest absolute Gasteiger partial charge is 0.417 e. The third-order valence-electron chi connectivity index (χ3n) is 7.77. The maximum Gasteiger partial charge on any atom is 0.417 e. The van der Waals surface area contributed by atoms with E-state index < -0.39 is 17.2 Å². The first-order valence-electron chi connectivity index (χ1n) is 12.2. The second-order valence-corrected chi connectivity index (χ2v) is 10.4. The second kappa shape index (κ2) is 10.5. The van der Waals surface area contributed by atoms with Gasteiger partial charge in [0.05, 0.1) is 5.41 Å². The molecule has 35 heavy (non-hydrogen) atoms. The van der Waals surface area contributed by atoms with Gasteiger partial charge in [0.15, 0.2) is 5.60 Å². The van der Waals surface area contributed by atoms with Gasteiger partial charge in [0.25, 0.3) is 0 Å². The van der Waals surface area contributed by atoms with Crippen LogP contribution < -0.4 is 5.32 Å². The van der Waals surface area contributed by atoms with Crippen molar-refractivity contribution in [3.63, 3.8) is 0 Å². The van der Waals surface area contributed by atoms with E-state index in [4.69, 9.17) is 11.6 Å². The summed E-state index contributed by atoms with van der Waals surface area (Å²) < 4.78 is 40.0. The Balaban J connectivity index is 1.49. The highest BCUT2D eigenvalue weighted by Crippen LogP contribution is 2.42. The van der Waals surface area contributed by atoms with Gasteiger partial charge in [-0.2, -0.15) is 13.2 Å². The molecular weight excluding hydrogens is 477 g/mol. The van der Waals surface area contributed by atoms with Crippen molar-refractivity contribution in [1.82, 2.24) is 10.2 Å². The molecule has 0 unspecified atom stereocenters. The lowest BCUT2D eigenvalue weighted by atomic mass is 9.78. The predicted molar refractivity (Wildman–Crippen MR) is 130 cm³/mol. The van der Waals surface area contributed by atoms with Crippen molar-refractivity contribution in [3.8, 4) is 0 Å². The molecule has 1 saturated carbocycles. The van der Waals surface area contributed by atoms with Crippen LogP contribution in [0.3, 0.4) is 0 Å². The van der Waals surface area contributed by atoms with Crippen molar-refractivity contribution < 1.29 is 23.1 Å². The summed E-state index contributed by atoms with van der Waals surface area (Å²) >= 11 is 6.06. The van der Waals surface area contributed by atoms with E-state index in [2.05, 4.69) is 5.32 Å². The number of halogens is 4. The molecule has 0 spiro atoms. The van der Waals surface area contributed by atoms with Crippen LogP contribution in [0.25, 0.3) is 0 Å². The highest BCUT2D eigenvalue weighted by atomic mass is 35.5. The van der Waals surface area contributed by atoms with Crippen molar-refractivity contribution in [3.05, 3.63) is 70.7 Å². The van der Waals surface area contributed by atoms with Crippen LogP contribution in [0.15, 0.2) is 54.6 Å². The molecule has 2 aromatic rings. The van der Waals surface area contributed by atoms with E-state index in [0.29, 0.717) is 18.0 Å². The molecule has 1 saturated heterocycles. The fourth-order valence-electron chi connectivity index (χ4n) is 5.53. The van der Waals surface area contributed by atoms with Crippen molar-refractivity contribution in [2.75, 3.05) is 19.6 Å². The lowest BCUT2D eigenvalue weighted by Crippen LogP contribution is -2.57. The fourth-order valence-corrected chi connectivity index (χ4v) is 5.66. The second-order valence-electron chi connectivity index (χ2n) is 9.91. The van der Waals surface area contributed by atoms with Gasteiger partial charge in [-0.3, -0.25) is 9.69 Å². The Hall–Kier alpha value is -2.09. The van der Waals surface area contributed by atoms with Gasteiger partial charge >= 0.3 is 6.18 Å². The standard InChI is InChI=1S/C27H32ClF3N2O2/c28-22-10-8-21(9-11-22)25(12-4-5-13-25)24(34)32-19-23(18-20-6-2-1-3-7-20)33-16-14-26(35,15-17-33)27(29,30)31/h1-3,6-11,23,35H,4-5,12-19H2,(H,32,34)/t23-/m0/s1. The van der Waals surface area contributed by atoms with Crippen LogP contribution in [0.2, 0.25) is 5.02 Å². The number of alkyl halides is 3. The van der Waals surface area contributed by atoms with Crippen molar-refractivity contribution in [2.45, 2.75) is 68.2 Å². The topological polar surface area (TPSA) is 52.6 Å². The van der Waals surface area contributed by atoms with Gasteiger partial charge in [-0.15, -0.1) is 0 Å². The lowest BCUT2D eigenvalue weighted by molar-refractivity contribution is -0.273. The summed E-state index contributed by atoms with van der Waals surface area (Å²) in [6, 6.07) is 17.0. The fraction of sp³-hybridized carbons (Fsp3) is 0.519. The molecule has 2 N–H and O–H groups in total. The van der Waals surface area contributed by atoms with Gasteiger partial charge < -0.3 is 10.4 Å². The van der Waals surface area contributed by atoms with Crippen LogP contribution in [0.5, 0.6) is 0 Å². The molecule has 1 aliphatic heterocycles. The molecule has 0 aromatic heterocycles. The maximum absolute atomic E-state index is 13.6. The minimum absolute atomic E-state index is 0.0424. The first kappa shape index (κ1) is 26.0. The van der Waals surface area contributed by atoms with E-state index in [1.807, 2.05) is 47.4 Å². The summed E-state index contributed by atoms with van der Waals surface area (Å²) in [4.78, 5) is 15.5. The van der Waals surface area contributed by atoms with Crippen molar-refractivity contribution >= 4 is 17.5 Å². The Morgan fingerprint density at radius 2 is 1.60 bits per heavy atom. The van der Waals surface area contributed by atoms with Gasteiger partial charge in [0, 0.05) is 30.7 Å². The van der Waals surface area contributed by atoms with Gasteiger partial charge in [0.2, 0.25) is 5.91 Å². The number of amides is 1. The van der Waals surface area contributed by atoms with E-state index in [1.54, 1.807) is 12.1 Å². The van der Waals surface area contributed by atoms with Crippen molar-refractivity contribution in [1.29, 1.82) is 0 Å². The van der Waals surface area contributed by atoms with E-state index in [9.17, 15) is 23.1 Å². The summed E-state index contributed by atoms with van der Waals surface area (Å²) in [6.07, 6.45) is -1.35. The molecule has 8 heteroatoms. The number of carbonyl (C=O) groups excluding carboxylic acids is 1. The summed E-state index contributed by atoms with van der Waals surface area (Å²) in [5, 5.41) is 13.9. The minimum atomic E-state index is -4.64. The van der Waals surface area contributed by atoms with Gasteiger partial charge in [0.1, 0.15) is 0 Å². The predicted octanol–water partition coefficient (Wildman–Crippen LogP) is 5.27. The molecule has 0 radical (unpaired) electrons. The molecule has 4 rings (SSSR count). The Labute approximate surface area is 209 Å². The number of hydrogen-bond donors (Lipinski definition) is 2. The van der Waals surface area contributed by atoms with E-state index in [-0.39, 0.29) is 37.9 Å². The molecule has 1 amide bonds. The first-order valence-corrected chi connectivity index (χ1v) is 12.6. The van der Waals surface area contributed by atoms with Gasteiger partial charge in [-0.05, 0) is 55.4 Å². The maximum atomic E-state index is 13.6. The van der Waals surface area contributed by atoms with Crippen LogP contribution in [0, 0.1) is 0 Å². The number of hydrogen-bond acceptors (Lipinski definition) is 3. The molecule has 0 bridgehead atoms. The quantitative estimate of drug-likeness (QED) is 0.536. The molecule has 1 atom stereocenters. The number of piperidine rings is 1. The number of likely N-dealkylation sites (tertiary alicyclic amines) is 1. The van der Waals surface area contributed by atoms with Crippen LogP contribution in [0.1, 0.15) is 49.7 Å². The van der Waals surface area contributed by atoms with Gasteiger partial charge in [-0.1, -0.05) is 66.9 Å². The third kappa shape index (κ3) is 5.68. The summed E-state index contributed by atoms with van der Waals surface area (Å²) in [6.45, 7) is 0.560. The number of nitrogens with one attached hydrogen (secondary N) is 1. The number of nitrogens with zero attached hydrogens (tertiary/aromatic N) is 1. The smallest absolute Gasteiger partial charge is 0.380 e. The summed E-state index contributed by atoms with van der Waals surface area (Å²) in [7, 11) is 0. The zero-order valence-electron chi connectivity index (χ0n) is 19.7. The van der Waals surface area contributed by atoms with E-state index in [1.165, 1.54) is 0 Å². The first-order chi connectivity index (χ1) is 16.6. The molecule has 190 valence electrons. The summed E-state index contributed by atoms with van der Waals surface area (Å²) in [5.74, 6) is -0.0424. The minimum Gasteiger partial charge on any atom is -0.380 e. The average Bonchev–Trinajstić information content (AvgIpc) is 3.34. The van der Waals surface area contributed by atoms with E-state index >= 15 is 0 Å². The van der Waals surface area contributed by atoms with Crippen LogP contribution in [-0.2, 0) is 16.6 Å². The number of aliphatic hydroxyl groups is 1. The monoisotopic (exact) mass is 508 g/mol. The molecule has 2 aromatic carbocycles. The van der Waals surface area contributed by atoms with Crippen LogP contribution in [0.4, 0.5) is 13.2 Å². The van der Waals surface area contributed by atoms with Crippen molar-refractivity contribution in [2.24, 2.45) is 0 Å². The van der Waals surface area contributed by atoms with Crippen LogP contribution in [-0.4, -0.2) is 53.4 Å². The normalized spacial score (nSPS) is 20.9. The Bertz CT molecular complexity index is 984. The van der Waals surface area contributed by atoms with Crippen LogP contribution >= 0.6 is 11.6 Å². The van der Waals surface area contributed by atoms with Gasteiger partial charge in [-0.25, -0.2) is 0 Å². The number of carbonyl (C=O) groups is 1. The molecular formula is C27H32ClF3N2O2. The Morgan fingerprint density at radius 1 is 1.00 bits per heavy atom. The third-order valence-corrected chi connectivity index (χ3v) is 8.02. The van der Waals surface area contributed by atoms with E-state index in [0.717, 1.165) is 36.8 Å². The number of rotatable bonds is 7. The number of benzene rings is 2. The molecule has 4 nitrogen and oxygen atoms in total. The average molecular weight is 509 g/mol.